The summed E-state index contributed by atoms with van der Waals surface area (Å²) >= 11 is 0. The van der Waals surface area contributed by atoms with Crippen molar-refractivity contribution < 1.29 is 23.8 Å². The van der Waals surface area contributed by atoms with Gasteiger partial charge in [0.1, 0.15) is 0 Å². The Kier molecular flexibility index (Phi) is 7.52. The molecule has 0 spiro atoms. The summed E-state index contributed by atoms with van der Waals surface area (Å²) in [6, 6.07) is 13.1. The molecule has 1 aliphatic rings. The lowest BCUT2D eigenvalue weighted by Gasteiger charge is -2.21. The van der Waals surface area contributed by atoms with Crippen LogP contribution in [0.2, 0.25) is 0 Å². The Bertz CT molecular complexity index is 913. The zero-order chi connectivity index (χ0) is 22.4. The molecule has 2 aromatic rings. The zero-order valence-electron chi connectivity index (χ0n) is 18.5. The summed E-state index contributed by atoms with van der Waals surface area (Å²) in [5.41, 5.74) is 2.56. The van der Waals surface area contributed by atoms with Crippen molar-refractivity contribution in [2.24, 2.45) is 5.92 Å². The van der Waals surface area contributed by atoms with Crippen molar-refractivity contribution in [2.45, 2.75) is 12.8 Å². The van der Waals surface area contributed by atoms with E-state index in [-0.39, 0.29) is 17.7 Å². The molecule has 0 aliphatic carbocycles. The number of likely N-dealkylation sites (tertiary alicyclic amines) is 1. The third-order valence-corrected chi connectivity index (χ3v) is 5.68. The summed E-state index contributed by atoms with van der Waals surface area (Å²) in [6.45, 7) is 3.57. The number of amides is 2. The van der Waals surface area contributed by atoms with Crippen molar-refractivity contribution in [1.29, 1.82) is 0 Å². The van der Waals surface area contributed by atoms with Gasteiger partial charge in [-0.2, -0.15) is 0 Å². The van der Waals surface area contributed by atoms with Crippen molar-refractivity contribution >= 4 is 11.8 Å². The molecule has 166 valence electrons. The van der Waals surface area contributed by atoms with Gasteiger partial charge in [-0.1, -0.05) is 29.8 Å². The predicted octanol–water partition coefficient (Wildman–Crippen LogP) is 2.63. The Balaban J connectivity index is 1.91. The van der Waals surface area contributed by atoms with Gasteiger partial charge in [0.2, 0.25) is 5.91 Å². The van der Waals surface area contributed by atoms with Crippen LogP contribution in [0.5, 0.6) is 11.5 Å². The molecule has 2 amide bonds. The van der Waals surface area contributed by atoms with Crippen molar-refractivity contribution in [3.8, 4) is 11.5 Å². The molecular weight excluding hydrogens is 396 g/mol. The molecule has 0 bridgehead atoms. The Hall–Kier alpha value is -3.06. The second-order valence-corrected chi connectivity index (χ2v) is 7.66. The number of ether oxygens (including phenoxy) is 3. The highest BCUT2D eigenvalue weighted by Gasteiger charge is 2.42. The SMILES string of the molecule is COCCNC(=O)[C@H]1CN(C(=O)c2ccc(C)cc2)C[C@@H]1c1cccc(OC)c1OC. The van der Waals surface area contributed by atoms with E-state index >= 15 is 0 Å². The molecule has 1 saturated heterocycles. The molecule has 0 unspecified atom stereocenters. The number of benzene rings is 2. The maximum Gasteiger partial charge on any atom is 0.253 e. The van der Waals surface area contributed by atoms with Gasteiger partial charge in [0.05, 0.1) is 26.7 Å². The first-order valence-corrected chi connectivity index (χ1v) is 10.3. The highest BCUT2D eigenvalue weighted by molar-refractivity contribution is 5.95. The Morgan fingerprint density at radius 3 is 2.42 bits per heavy atom. The number of nitrogens with one attached hydrogen (secondary N) is 1. The first-order chi connectivity index (χ1) is 15.0. The van der Waals surface area contributed by atoms with Crippen molar-refractivity contribution in [3.63, 3.8) is 0 Å². The van der Waals surface area contributed by atoms with Crippen LogP contribution in [0.3, 0.4) is 0 Å². The molecular formula is C24H30N2O5. The lowest BCUT2D eigenvalue weighted by molar-refractivity contribution is -0.125. The maximum atomic E-state index is 13.2. The first-order valence-electron chi connectivity index (χ1n) is 10.3. The van der Waals surface area contributed by atoms with Gasteiger partial charge in [-0.25, -0.2) is 0 Å². The topological polar surface area (TPSA) is 77.1 Å². The summed E-state index contributed by atoms with van der Waals surface area (Å²) in [5, 5.41) is 2.92. The quantitative estimate of drug-likeness (QED) is 0.657. The summed E-state index contributed by atoms with van der Waals surface area (Å²) in [5.74, 6) is 0.371. The second kappa shape index (κ2) is 10.3. The van der Waals surface area contributed by atoms with Crippen LogP contribution in [0.25, 0.3) is 0 Å². The average molecular weight is 427 g/mol. The van der Waals surface area contributed by atoms with Crippen LogP contribution in [0.4, 0.5) is 0 Å². The van der Waals surface area contributed by atoms with Gasteiger partial charge in [-0.3, -0.25) is 9.59 Å². The minimum atomic E-state index is -0.410. The molecule has 7 heteroatoms. The number of rotatable bonds is 8. The smallest absolute Gasteiger partial charge is 0.253 e. The third-order valence-electron chi connectivity index (χ3n) is 5.68. The van der Waals surface area contributed by atoms with E-state index in [0.717, 1.165) is 11.1 Å². The van der Waals surface area contributed by atoms with E-state index in [9.17, 15) is 9.59 Å². The van der Waals surface area contributed by atoms with Gasteiger partial charge in [0.15, 0.2) is 11.5 Å². The Morgan fingerprint density at radius 1 is 1.03 bits per heavy atom. The van der Waals surface area contributed by atoms with Gasteiger partial charge in [0.25, 0.3) is 5.91 Å². The summed E-state index contributed by atoms with van der Waals surface area (Å²) in [6.07, 6.45) is 0. The standard InChI is InChI=1S/C24H30N2O5/c1-16-8-10-17(11-9-16)24(28)26-14-19(20(15-26)23(27)25-12-13-29-2)18-6-5-7-21(30-3)22(18)31-4/h5-11,19-20H,12-15H2,1-4H3,(H,25,27)/t19-,20+/m1/s1. The van der Waals surface area contributed by atoms with Crippen LogP contribution in [-0.2, 0) is 9.53 Å². The number of para-hydroxylation sites is 1. The van der Waals surface area contributed by atoms with Crippen LogP contribution in [0.1, 0.15) is 27.4 Å². The predicted molar refractivity (Wildman–Crippen MR) is 118 cm³/mol. The highest BCUT2D eigenvalue weighted by Crippen LogP contribution is 2.42. The van der Waals surface area contributed by atoms with Crippen LogP contribution in [0, 0.1) is 12.8 Å². The summed E-state index contributed by atoms with van der Waals surface area (Å²) in [7, 11) is 4.76. The van der Waals surface area contributed by atoms with E-state index < -0.39 is 5.92 Å². The number of hydrogen-bond acceptors (Lipinski definition) is 5. The van der Waals surface area contributed by atoms with Crippen molar-refractivity contribution in [2.75, 3.05) is 47.6 Å². The number of hydrogen-bond donors (Lipinski definition) is 1. The van der Waals surface area contributed by atoms with E-state index in [0.29, 0.717) is 43.3 Å². The van der Waals surface area contributed by atoms with Crippen LogP contribution >= 0.6 is 0 Å². The maximum absolute atomic E-state index is 13.2. The van der Waals surface area contributed by atoms with E-state index in [2.05, 4.69) is 5.32 Å². The van der Waals surface area contributed by atoms with Gasteiger partial charge in [-0.05, 0) is 25.1 Å². The van der Waals surface area contributed by atoms with E-state index in [1.165, 1.54) is 0 Å². The van der Waals surface area contributed by atoms with Crippen molar-refractivity contribution in [1.82, 2.24) is 10.2 Å². The van der Waals surface area contributed by atoms with Gasteiger partial charge >= 0.3 is 0 Å². The molecule has 2 aromatic carbocycles. The summed E-state index contributed by atoms with van der Waals surface area (Å²) in [4.78, 5) is 27.9. The molecule has 1 heterocycles. The molecule has 1 N–H and O–H groups in total. The fraction of sp³-hybridized carbons (Fsp3) is 0.417. The third kappa shape index (κ3) is 4.99. The number of aryl methyl sites for hydroxylation is 1. The van der Waals surface area contributed by atoms with Crippen LogP contribution in [-0.4, -0.2) is 64.3 Å². The number of carbonyl (C=O) groups is 2. The average Bonchev–Trinajstić information content (AvgIpc) is 3.24. The highest BCUT2D eigenvalue weighted by atomic mass is 16.5. The molecule has 1 aliphatic heterocycles. The minimum absolute atomic E-state index is 0.0842. The van der Waals surface area contributed by atoms with E-state index in [1.807, 2.05) is 49.4 Å². The van der Waals surface area contributed by atoms with E-state index in [4.69, 9.17) is 14.2 Å². The lowest BCUT2D eigenvalue weighted by atomic mass is 9.87. The Labute approximate surface area is 183 Å². The molecule has 7 nitrogen and oxygen atoms in total. The molecule has 31 heavy (non-hydrogen) atoms. The zero-order valence-corrected chi connectivity index (χ0v) is 18.5. The molecule has 0 aromatic heterocycles. The van der Waals surface area contributed by atoms with Crippen LogP contribution in [0.15, 0.2) is 42.5 Å². The van der Waals surface area contributed by atoms with Crippen molar-refractivity contribution in [3.05, 3.63) is 59.2 Å². The molecule has 0 radical (unpaired) electrons. The van der Waals surface area contributed by atoms with E-state index in [1.54, 1.807) is 26.2 Å². The molecule has 2 atom stereocenters. The molecule has 3 rings (SSSR count). The molecule has 0 saturated carbocycles. The fourth-order valence-electron chi connectivity index (χ4n) is 4.04. The fourth-order valence-corrected chi connectivity index (χ4v) is 4.04. The Morgan fingerprint density at radius 2 is 1.77 bits per heavy atom. The summed E-state index contributed by atoms with van der Waals surface area (Å²) < 4.78 is 16.1. The molecule has 1 fully saturated rings. The number of carbonyl (C=O) groups excluding carboxylic acids is 2. The lowest BCUT2D eigenvalue weighted by Crippen LogP contribution is -2.37. The first kappa shape index (κ1) is 22.6. The second-order valence-electron chi connectivity index (χ2n) is 7.66. The van der Waals surface area contributed by atoms with Gasteiger partial charge < -0.3 is 24.4 Å². The van der Waals surface area contributed by atoms with Crippen LogP contribution < -0.4 is 14.8 Å². The number of nitrogens with zero attached hydrogens (tertiary/aromatic N) is 1. The number of methoxy groups -OCH3 is 3. The monoisotopic (exact) mass is 426 g/mol. The van der Waals surface area contributed by atoms with Gasteiger partial charge in [-0.15, -0.1) is 0 Å². The van der Waals surface area contributed by atoms with Gasteiger partial charge in [0, 0.05) is 43.8 Å². The minimum Gasteiger partial charge on any atom is -0.493 e. The normalized spacial score (nSPS) is 18.0. The largest absolute Gasteiger partial charge is 0.493 e.